The van der Waals surface area contributed by atoms with Gasteiger partial charge in [-0.15, -0.1) is 0 Å². The maximum absolute atomic E-state index is 11.3. The van der Waals surface area contributed by atoms with Crippen molar-refractivity contribution in [3.63, 3.8) is 0 Å². The number of hydrogen-bond acceptors (Lipinski definition) is 5. The molecule has 17 heavy (non-hydrogen) atoms. The van der Waals surface area contributed by atoms with Crippen molar-refractivity contribution >= 4 is 22.1 Å². The summed E-state index contributed by atoms with van der Waals surface area (Å²) in [6.45, 7) is 2.63. The lowest BCUT2D eigenvalue weighted by Crippen LogP contribution is -2.27. The summed E-state index contributed by atoms with van der Waals surface area (Å²) in [5.74, 6) is -3.98. The van der Waals surface area contributed by atoms with E-state index < -0.39 is 39.6 Å². The average molecular weight is 268 g/mol. The van der Waals surface area contributed by atoms with E-state index in [1.165, 1.54) is 13.8 Å². The standard InChI is InChI=1S/C9H16O7S/c1-6(8(10)11)7(2)9(12)16-4-3-5-17(13,14)15/h6-7H,3-5H2,1-2H3,(H,10,11)(H,13,14,15). The van der Waals surface area contributed by atoms with Crippen molar-refractivity contribution in [1.82, 2.24) is 0 Å². The molecule has 100 valence electrons. The molecule has 0 bridgehead atoms. The number of carboxylic acids is 1. The second-order valence-electron chi connectivity index (χ2n) is 3.72. The zero-order valence-electron chi connectivity index (χ0n) is 9.62. The van der Waals surface area contributed by atoms with Crippen molar-refractivity contribution in [3.8, 4) is 0 Å². The van der Waals surface area contributed by atoms with Crippen LogP contribution in [0.1, 0.15) is 20.3 Å². The number of hydrogen-bond donors (Lipinski definition) is 2. The van der Waals surface area contributed by atoms with Crippen molar-refractivity contribution in [1.29, 1.82) is 0 Å². The number of aliphatic carboxylic acids is 1. The van der Waals surface area contributed by atoms with Gasteiger partial charge in [0, 0.05) is 0 Å². The number of carbonyl (C=O) groups excluding carboxylic acids is 1. The molecule has 0 aliphatic rings. The summed E-state index contributed by atoms with van der Waals surface area (Å²) in [5.41, 5.74) is 0. The Balaban J connectivity index is 3.99. The Kier molecular flexibility index (Phi) is 6.11. The third-order valence-corrected chi connectivity index (χ3v) is 3.11. The van der Waals surface area contributed by atoms with Crippen LogP contribution in [-0.4, -0.2) is 42.4 Å². The fourth-order valence-corrected chi connectivity index (χ4v) is 1.45. The maximum Gasteiger partial charge on any atom is 0.309 e. The van der Waals surface area contributed by atoms with Crippen molar-refractivity contribution in [2.24, 2.45) is 11.8 Å². The molecular formula is C9H16O7S. The van der Waals surface area contributed by atoms with Crippen LogP contribution in [0.5, 0.6) is 0 Å². The zero-order chi connectivity index (χ0) is 13.6. The first kappa shape index (κ1) is 15.9. The molecule has 0 spiro atoms. The summed E-state index contributed by atoms with van der Waals surface area (Å²) in [7, 11) is -4.06. The van der Waals surface area contributed by atoms with Crippen LogP contribution in [0.3, 0.4) is 0 Å². The van der Waals surface area contributed by atoms with Crippen LogP contribution >= 0.6 is 0 Å². The van der Waals surface area contributed by atoms with Gasteiger partial charge in [-0.3, -0.25) is 14.1 Å². The molecule has 0 saturated carbocycles. The Hall–Kier alpha value is -1.15. The van der Waals surface area contributed by atoms with Gasteiger partial charge in [-0.1, -0.05) is 13.8 Å². The average Bonchev–Trinajstić information content (AvgIpc) is 2.20. The molecule has 0 aromatic heterocycles. The lowest BCUT2D eigenvalue weighted by molar-refractivity contribution is -0.156. The fourth-order valence-electron chi connectivity index (χ4n) is 0.964. The largest absolute Gasteiger partial charge is 0.481 e. The second-order valence-corrected chi connectivity index (χ2v) is 5.29. The molecule has 8 heteroatoms. The molecule has 2 unspecified atom stereocenters. The van der Waals surface area contributed by atoms with Crippen molar-refractivity contribution in [3.05, 3.63) is 0 Å². The number of rotatable bonds is 7. The monoisotopic (exact) mass is 268 g/mol. The molecule has 0 aliphatic carbocycles. The van der Waals surface area contributed by atoms with Crippen LogP contribution in [0.15, 0.2) is 0 Å². The van der Waals surface area contributed by atoms with E-state index in [-0.39, 0.29) is 13.0 Å². The first-order valence-corrected chi connectivity index (χ1v) is 6.60. The molecule has 7 nitrogen and oxygen atoms in total. The molecule has 0 fully saturated rings. The van der Waals surface area contributed by atoms with Crippen LogP contribution in [0.25, 0.3) is 0 Å². The van der Waals surface area contributed by atoms with Crippen molar-refractivity contribution < 1.29 is 32.4 Å². The Morgan fingerprint density at radius 2 is 1.76 bits per heavy atom. The third-order valence-electron chi connectivity index (χ3n) is 2.30. The summed E-state index contributed by atoms with van der Waals surface area (Å²) >= 11 is 0. The SMILES string of the molecule is CC(C(=O)O)C(C)C(=O)OCCCS(=O)(=O)O. The lowest BCUT2D eigenvalue weighted by Gasteiger charge is -2.14. The van der Waals surface area contributed by atoms with E-state index in [2.05, 4.69) is 0 Å². The predicted octanol–water partition coefficient (Wildman–Crippen LogP) is 0.164. The molecule has 0 saturated heterocycles. The van der Waals surface area contributed by atoms with Gasteiger partial charge in [-0.25, -0.2) is 0 Å². The summed E-state index contributed by atoms with van der Waals surface area (Å²) in [5, 5.41) is 8.66. The van der Waals surface area contributed by atoms with Gasteiger partial charge in [0.15, 0.2) is 0 Å². The smallest absolute Gasteiger partial charge is 0.309 e. The minimum absolute atomic E-state index is 0.0290. The molecule has 0 aliphatic heterocycles. The van der Waals surface area contributed by atoms with Crippen LogP contribution in [0.2, 0.25) is 0 Å². The Morgan fingerprint density at radius 1 is 1.24 bits per heavy atom. The van der Waals surface area contributed by atoms with E-state index in [4.69, 9.17) is 14.4 Å². The highest BCUT2D eigenvalue weighted by molar-refractivity contribution is 7.85. The highest BCUT2D eigenvalue weighted by Gasteiger charge is 2.26. The quantitative estimate of drug-likeness (QED) is 0.383. The van der Waals surface area contributed by atoms with Gasteiger partial charge in [-0.2, -0.15) is 8.42 Å². The number of ether oxygens (including phenoxy) is 1. The second kappa shape index (κ2) is 6.55. The summed E-state index contributed by atoms with van der Waals surface area (Å²) in [6, 6.07) is 0. The van der Waals surface area contributed by atoms with Crippen LogP contribution in [0.4, 0.5) is 0 Å². The molecule has 0 aromatic carbocycles. The Morgan fingerprint density at radius 3 is 2.18 bits per heavy atom. The van der Waals surface area contributed by atoms with E-state index in [1.54, 1.807) is 0 Å². The van der Waals surface area contributed by atoms with Gasteiger partial charge >= 0.3 is 11.9 Å². The summed E-state index contributed by atoms with van der Waals surface area (Å²) < 4.78 is 33.8. The minimum atomic E-state index is -4.06. The van der Waals surface area contributed by atoms with Gasteiger partial charge in [0.05, 0.1) is 24.2 Å². The van der Waals surface area contributed by atoms with Gasteiger partial charge in [-0.05, 0) is 6.42 Å². The van der Waals surface area contributed by atoms with E-state index in [0.717, 1.165) is 0 Å². The zero-order valence-corrected chi connectivity index (χ0v) is 10.4. The van der Waals surface area contributed by atoms with Crippen molar-refractivity contribution in [2.75, 3.05) is 12.4 Å². The predicted molar refractivity (Wildman–Crippen MR) is 58.0 cm³/mol. The molecule has 2 N–H and O–H groups in total. The van der Waals surface area contributed by atoms with Gasteiger partial charge in [0.2, 0.25) is 0 Å². The van der Waals surface area contributed by atoms with E-state index in [0.29, 0.717) is 0 Å². The topological polar surface area (TPSA) is 118 Å². The molecule has 0 heterocycles. The maximum atomic E-state index is 11.3. The van der Waals surface area contributed by atoms with Gasteiger partial charge in [0.25, 0.3) is 10.1 Å². The van der Waals surface area contributed by atoms with E-state index in [9.17, 15) is 18.0 Å². The Labute approximate surface area is 99.5 Å². The van der Waals surface area contributed by atoms with Crippen LogP contribution in [0, 0.1) is 11.8 Å². The number of carbonyl (C=O) groups is 2. The van der Waals surface area contributed by atoms with Crippen molar-refractivity contribution in [2.45, 2.75) is 20.3 Å². The van der Waals surface area contributed by atoms with Crippen LogP contribution < -0.4 is 0 Å². The minimum Gasteiger partial charge on any atom is -0.481 e. The lowest BCUT2D eigenvalue weighted by atomic mass is 9.96. The van der Waals surface area contributed by atoms with Crippen LogP contribution in [-0.2, 0) is 24.4 Å². The molecule has 0 radical (unpaired) electrons. The van der Waals surface area contributed by atoms with E-state index >= 15 is 0 Å². The third kappa shape index (κ3) is 6.90. The van der Waals surface area contributed by atoms with Gasteiger partial charge in [0.1, 0.15) is 0 Å². The Bertz CT molecular complexity index is 373. The van der Waals surface area contributed by atoms with Gasteiger partial charge < -0.3 is 9.84 Å². The molecule has 0 rings (SSSR count). The molecular weight excluding hydrogens is 252 g/mol. The number of carboxylic acid groups (broad SMARTS) is 1. The highest BCUT2D eigenvalue weighted by atomic mass is 32.2. The highest BCUT2D eigenvalue weighted by Crippen LogP contribution is 2.13. The first-order chi connectivity index (χ1) is 7.65. The molecule has 0 aromatic rings. The fraction of sp³-hybridized carbons (Fsp3) is 0.778. The summed E-state index contributed by atoms with van der Waals surface area (Å²) in [6.07, 6.45) is -0.0290. The molecule has 2 atom stereocenters. The summed E-state index contributed by atoms with van der Waals surface area (Å²) in [4.78, 5) is 21.9. The molecule has 0 amide bonds. The first-order valence-electron chi connectivity index (χ1n) is 4.99. The van der Waals surface area contributed by atoms with E-state index in [1.807, 2.05) is 0 Å². The number of esters is 1. The normalized spacial score (nSPS) is 15.0.